The number of hydrogen-bond acceptors (Lipinski definition) is 2. The number of hydrogen-bond donors (Lipinski definition) is 1. The molecule has 1 heterocycles. The molecule has 118 valence electrons. The number of halogens is 1. The van der Waals surface area contributed by atoms with E-state index in [2.05, 4.69) is 26.3 Å². The Morgan fingerprint density at radius 3 is 2.74 bits per heavy atom. The number of nitrogens with one attached hydrogen (secondary N) is 1. The van der Waals surface area contributed by atoms with Gasteiger partial charge in [0.2, 0.25) is 0 Å². The van der Waals surface area contributed by atoms with E-state index in [4.69, 9.17) is 0 Å². The first-order chi connectivity index (χ1) is 11.1. The van der Waals surface area contributed by atoms with Gasteiger partial charge in [0.15, 0.2) is 0 Å². The highest BCUT2D eigenvalue weighted by molar-refractivity contribution is 9.10. The third-order valence-corrected chi connectivity index (χ3v) is 4.44. The second kappa shape index (κ2) is 6.42. The van der Waals surface area contributed by atoms with Crippen LogP contribution in [0.5, 0.6) is 0 Å². The quantitative estimate of drug-likeness (QED) is 0.755. The molecular weight excluding hydrogens is 356 g/mol. The molecule has 1 N–H and O–H groups in total. The van der Waals surface area contributed by atoms with E-state index < -0.39 is 0 Å². The molecule has 3 aromatic rings. The molecule has 0 fully saturated rings. The van der Waals surface area contributed by atoms with Gasteiger partial charge in [-0.25, -0.2) is 4.79 Å². The number of aryl methyl sites for hydroxylation is 1. The highest BCUT2D eigenvalue weighted by atomic mass is 79.9. The van der Waals surface area contributed by atoms with Crippen molar-refractivity contribution in [1.29, 1.82) is 0 Å². The Labute approximate surface area is 143 Å². The molecule has 0 spiro atoms. The molecule has 0 saturated carbocycles. The number of nitrogens with zero attached hydrogens (tertiary/aromatic N) is 3. The van der Waals surface area contributed by atoms with Gasteiger partial charge in [-0.15, -0.1) is 0 Å². The fourth-order valence-corrected chi connectivity index (χ4v) is 2.93. The maximum Gasteiger partial charge on any atom is 0.321 e. The number of carbonyl (C=O) groups excluding carboxylic acids is 1. The van der Waals surface area contributed by atoms with Crippen LogP contribution in [0, 0.1) is 0 Å². The minimum Gasteiger partial charge on any atom is -0.322 e. The normalized spacial score (nSPS) is 10.7. The molecule has 1 aromatic heterocycles. The topological polar surface area (TPSA) is 50.2 Å². The van der Waals surface area contributed by atoms with E-state index >= 15 is 0 Å². The summed E-state index contributed by atoms with van der Waals surface area (Å²) in [5, 5.41) is 9.27. The van der Waals surface area contributed by atoms with Crippen molar-refractivity contribution in [2.24, 2.45) is 7.05 Å². The smallest absolute Gasteiger partial charge is 0.321 e. The van der Waals surface area contributed by atoms with Crippen LogP contribution < -0.4 is 5.32 Å². The van der Waals surface area contributed by atoms with Crippen molar-refractivity contribution in [3.8, 4) is 0 Å². The lowest BCUT2D eigenvalue weighted by molar-refractivity contribution is 0.219. The second-order valence-electron chi connectivity index (χ2n) is 5.38. The zero-order valence-corrected chi connectivity index (χ0v) is 14.5. The Kier molecular flexibility index (Phi) is 4.34. The standard InChI is InChI=1S/C17H17BrN4O/c1-21(11-16-14(18)10-19-22(16)2)17(23)20-15-9-5-7-12-6-3-4-8-13(12)15/h3-10H,11H2,1-2H3,(H,20,23). The molecule has 0 aliphatic heterocycles. The summed E-state index contributed by atoms with van der Waals surface area (Å²) in [6, 6.07) is 13.7. The van der Waals surface area contributed by atoms with Gasteiger partial charge >= 0.3 is 6.03 Å². The Hall–Kier alpha value is -2.34. The van der Waals surface area contributed by atoms with E-state index in [0.717, 1.165) is 26.6 Å². The Bertz CT molecular complexity index is 834. The van der Waals surface area contributed by atoms with Crippen LogP contribution >= 0.6 is 15.9 Å². The average Bonchev–Trinajstić information content (AvgIpc) is 2.87. The molecule has 2 aromatic carbocycles. The van der Waals surface area contributed by atoms with Gasteiger partial charge in [-0.05, 0) is 27.4 Å². The summed E-state index contributed by atoms with van der Waals surface area (Å²) in [4.78, 5) is 14.1. The molecule has 2 amide bonds. The summed E-state index contributed by atoms with van der Waals surface area (Å²) >= 11 is 3.45. The third kappa shape index (κ3) is 3.22. The second-order valence-corrected chi connectivity index (χ2v) is 6.23. The summed E-state index contributed by atoms with van der Waals surface area (Å²) < 4.78 is 2.65. The number of amides is 2. The Morgan fingerprint density at radius 2 is 2.00 bits per heavy atom. The van der Waals surface area contributed by atoms with Gasteiger partial charge in [-0.1, -0.05) is 36.4 Å². The number of rotatable bonds is 3. The van der Waals surface area contributed by atoms with E-state index in [-0.39, 0.29) is 6.03 Å². The fraction of sp³-hybridized carbons (Fsp3) is 0.176. The number of benzene rings is 2. The van der Waals surface area contributed by atoms with Crippen LogP contribution in [-0.2, 0) is 13.6 Å². The molecule has 0 radical (unpaired) electrons. The molecule has 6 heteroatoms. The molecular formula is C17H17BrN4O. The molecule has 0 unspecified atom stereocenters. The van der Waals surface area contributed by atoms with Crippen molar-refractivity contribution in [1.82, 2.24) is 14.7 Å². The predicted octanol–water partition coefficient (Wildman–Crippen LogP) is 4.00. The summed E-state index contributed by atoms with van der Waals surface area (Å²) in [5.41, 5.74) is 1.75. The summed E-state index contributed by atoms with van der Waals surface area (Å²) in [7, 11) is 3.62. The van der Waals surface area contributed by atoms with Crippen molar-refractivity contribution in [3.63, 3.8) is 0 Å². The molecule has 0 atom stereocenters. The highest BCUT2D eigenvalue weighted by Gasteiger charge is 2.14. The van der Waals surface area contributed by atoms with Crippen LogP contribution in [0.2, 0.25) is 0 Å². The van der Waals surface area contributed by atoms with Crippen LogP contribution in [0.3, 0.4) is 0 Å². The SMILES string of the molecule is CN(Cc1c(Br)cnn1C)C(=O)Nc1cccc2ccccc12. The third-order valence-electron chi connectivity index (χ3n) is 3.78. The van der Waals surface area contributed by atoms with E-state index in [9.17, 15) is 4.79 Å². The number of urea groups is 1. The summed E-state index contributed by atoms with van der Waals surface area (Å²) in [5.74, 6) is 0. The van der Waals surface area contributed by atoms with Crippen LogP contribution in [0.15, 0.2) is 53.1 Å². The van der Waals surface area contributed by atoms with Gasteiger partial charge < -0.3 is 10.2 Å². The molecule has 23 heavy (non-hydrogen) atoms. The predicted molar refractivity (Wildman–Crippen MR) is 95.3 cm³/mol. The average molecular weight is 373 g/mol. The van der Waals surface area contributed by atoms with Gasteiger partial charge in [0.1, 0.15) is 0 Å². The van der Waals surface area contributed by atoms with Crippen LogP contribution in [0.1, 0.15) is 5.69 Å². The lowest BCUT2D eigenvalue weighted by Gasteiger charge is -2.19. The maximum absolute atomic E-state index is 12.5. The number of anilines is 1. The summed E-state index contributed by atoms with van der Waals surface area (Å²) in [6.07, 6.45) is 1.73. The minimum atomic E-state index is -0.158. The van der Waals surface area contributed by atoms with Gasteiger partial charge in [-0.3, -0.25) is 4.68 Å². The first kappa shape index (κ1) is 15.6. The van der Waals surface area contributed by atoms with Crippen molar-refractivity contribution >= 4 is 38.4 Å². The van der Waals surface area contributed by atoms with Crippen molar-refractivity contribution in [2.45, 2.75) is 6.54 Å². The van der Waals surface area contributed by atoms with Gasteiger partial charge in [0.05, 0.1) is 28.6 Å². The van der Waals surface area contributed by atoms with E-state index in [0.29, 0.717) is 6.54 Å². The van der Waals surface area contributed by atoms with E-state index in [1.807, 2.05) is 49.5 Å². The monoisotopic (exact) mass is 372 g/mol. The lowest BCUT2D eigenvalue weighted by Crippen LogP contribution is -2.31. The van der Waals surface area contributed by atoms with E-state index in [1.54, 1.807) is 22.8 Å². The number of aromatic nitrogens is 2. The zero-order valence-electron chi connectivity index (χ0n) is 13.0. The summed E-state index contributed by atoms with van der Waals surface area (Å²) in [6.45, 7) is 0.466. The van der Waals surface area contributed by atoms with Gasteiger partial charge in [0, 0.05) is 19.5 Å². The highest BCUT2D eigenvalue weighted by Crippen LogP contribution is 2.23. The first-order valence-corrected chi connectivity index (χ1v) is 8.02. The van der Waals surface area contributed by atoms with Crippen LogP contribution in [-0.4, -0.2) is 27.8 Å². The number of fused-ring (bicyclic) bond motifs is 1. The van der Waals surface area contributed by atoms with Gasteiger partial charge in [0.25, 0.3) is 0 Å². The first-order valence-electron chi connectivity index (χ1n) is 7.22. The van der Waals surface area contributed by atoms with Crippen LogP contribution in [0.4, 0.5) is 10.5 Å². The fourth-order valence-electron chi connectivity index (χ4n) is 2.46. The van der Waals surface area contributed by atoms with Crippen molar-refractivity contribution < 1.29 is 4.79 Å². The molecule has 0 aliphatic carbocycles. The molecule has 3 rings (SSSR count). The molecule has 0 aliphatic rings. The molecule has 0 bridgehead atoms. The number of carbonyl (C=O) groups is 1. The largest absolute Gasteiger partial charge is 0.322 e. The van der Waals surface area contributed by atoms with Crippen molar-refractivity contribution in [2.75, 3.05) is 12.4 Å². The van der Waals surface area contributed by atoms with Gasteiger partial charge in [-0.2, -0.15) is 5.10 Å². The molecule has 0 saturated heterocycles. The Morgan fingerprint density at radius 1 is 1.26 bits per heavy atom. The zero-order chi connectivity index (χ0) is 16.4. The maximum atomic E-state index is 12.5. The van der Waals surface area contributed by atoms with E-state index in [1.165, 1.54) is 0 Å². The minimum absolute atomic E-state index is 0.158. The van der Waals surface area contributed by atoms with Crippen LogP contribution in [0.25, 0.3) is 10.8 Å². The Balaban J connectivity index is 1.78. The van der Waals surface area contributed by atoms with Crippen molar-refractivity contribution in [3.05, 3.63) is 58.8 Å². The molecule has 5 nitrogen and oxygen atoms in total. The lowest BCUT2D eigenvalue weighted by atomic mass is 10.1.